The van der Waals surface area contributed by atoms with Crippen molar-refractivity contribution < 1.29 is 22.4 Å². The fourth-order valence-electron chi connectivity index (χ4n) is 2.68. The van der Waals surface area contributed by atoms with Gasteiger partial charge in [-0.1, -0.05) is 0 Å². The molecule has 0 saturated heterocycles. The fraction of sp³-hybridized carbons (Fsp3) is 0.235. The Morgan fingerprint density at radius 3 is 2.62 bits per heavy atom. The Labute approximate surface area is 144 Å². The van der Waals surface area contributed by atoms with E-state index in [4.69, 9.17) is 0 Å². The van der Waals surface area contributed by atoms with E-state index < -0.39 is 24.0 Å². The van der Waals surface area contributed by atoms with Gasteiger partial charge in [-0.25, -0.2) is 27.1 Å². The molecule has 5 nitrogen and oxygen atoms in total. The van der Waals surface area contributed by atoms with Gasteiger partial charge in [-0.15, -0.1) is 0 Å². The molecular formula is C17H12F4N4O. The molecule has 134 valence electrons. The zero-order valence-electron chi connectivity index (χ0n) is 13.2. The third-order valence-electron chi connectivity index (χ3n) is 4.16. The number of amides is 1. The van der Waals surface area contributed by atoms with Crippen LogP contribution < -0.4 is 5.32 Å². The highest BCUT2D eigenvalue weighted by molar-refractivity contribution is 6.08. The summed E-state index contributed by atoms with van der Waals surface area (Å²) in [7, 11) is 0. The van der Waals surface area contributed by atoms with Gasteiger partial charge in [0.25, 0.3) is 12.3 Å². The summed E-state index contributed by atoms with van der Waals surface area (Å²) in [5.41, 5.74) is 0.156. The standard InChI is InChI=1S/C17H12F4N4O/c18-11-4-3-9(5-12(11)19)23-17(26)10-7-22-25-14(15(20)21)6-13(8-1-2-8)24-16(10)25/h3-8,15H,1-2H2,(H,23,26). The van der Waals surface area contributed by atoms with Crippen LogP contribution in [0.2, 0.25) is 0 Å². The Bertz CT molecular complexity index is 1010. The van der Waals surface area contributed by atoms with Gasteiger partial charge in [0.2, 0.25) is 0 Å². The first-order valence-corrected chi connectivity index (χ1v) is 7.87. The van der Waals surface area contributed by atoms with Crippen molar-refractivity contribution >= 4 is 17.2 Å². The van der Waals surface area contributed by atoms with Crippen LogP contribution in [0.5, 0.6) is 0 Å². The second-order valence-electron chi connectivity index (χ2n) is 6.06. The maximum Gasteiger partial charge on any atom is 0.280 e. The molecule has 2 heterocycles. The van der Waals surface area contributed by atoms with Crippen molar-refractivity contribution in [3.63, 3.8) is 0 Å². The van der Waals surface area contributed by atoms with Gasteiger partial charge in [0.15, 0.2) is 17.3 Å². The molecular weight excluding hydrogens is 352 g/mol. The highest BCUT2D eigenvalue weighted by Gasteiger charge is 2.29. The van der Waals surface area contributed by atoms with Gasteiger partial charge in [0.05, 0.1) is 6.20 Å². The highest BCUT2D eigenvalue weighted by Crippen LogP contribution is 2.40. The first kappa shape index (κ1) is 16.5. The van der Waals surface area contributed by atoms with Gasteiger partial charge in [0.1, 0.15) is 11.3 Å². The molecule has 0 spiro atoms. The molecule has 0 radical (unpaired) electrons. The lowest BCUT2D eigenvalue weighted by Gasteiger charge is -2.08. The number of anilines is 1. The van der Waals surface area contributed by atoms with E-state index in [0.717, 1.165) is 35.7 Å². The van der Waals surface area contributed by atoms with E-state index in [1.807, 2.05) is 0 Å². The smallest absolute Gasteiger partial charge is 0.280 e. The molecule has 1 amide bonds. The number of nitrogens with one attached hydrogen (secondary N) is 1. The molecule has 9 heteroatoms. The summed E-state index contributed by atoms with van der Waals surface area (Å²) >= 11 is 0. The summed E-state index contributed by atoms with van der Waals surface area (Å²) < 4.78 is 53.9. The zero-order valence-corrected chi connectivity index (χ0v) is 13.2. The van der Waals surface area contributed by atoms with Gasteiger partial charge in [-0.3, -0.25) is 4.79 Å². The quantitative estimate of drug-likeness (QED) is 0.710. The van der Waals surface area contributed by atoms with Crippen LogP contribution in [0.3, 0.4) is 0 Å². The lowest BCUT2D eigenvalue weighted by molar-refractivity contribution is 0.102. The van der Waals surface area contributed by atoms with E-state index in [1.54, 1.807) is 0 Å². The van der Waals surface area contributed by atoms with Gasteiger partial charge >= 0.3 is 0 Å². The van der Waals surface area contributed by atoms with E-state index in [-0.39, 0.29) is 28.5 Å². The number of halogens is 4. The summed E-state index contributed by atoms with van der Waals surface area (Å²) in [6.45, 7) is 0. The molecule has 1 fully saturated rings. The maximum absolute atomic E-state index is 13.3. The Morgan fingerprint density at radius 2 is 1.96 bits per heavy atom. The number of alkyl halides is 2. The van der Waals surface area contributed by atoms with Crippen molar-refractivity contribution in [2.24, 2.45) is 0 Å². The van der Waals surface area contributed by atoms with Gasteiger partial charge in [0, 0.05) is 23.4 Å². The predicted octanol–water partition coefficient (Wildman–Crippen LogP) is 4.07. The Balaban J connectivity index is 1.73. The van der Waals surface area contributed by atoms with Crippen molar-refractivity contribution in [1.82, 2.24) is 14.6 Å². The average molecular weight is 364 g/mol. The fourth-order valence-corrected chi connectivity index (χ4v) is 2.68. The SMILES string of the molecule is O=C(Nc1ccc(F)c(F)c1)c1cnn2c(C(F)F)cc(C3CC3)nc12. The minimum Gasteiger partial charge on any atom is -0.322 e. The number of nitrogens with zero attached hydrogens (tertiary/aromatic N) is 3. The molecule has 1 aliphatic rings. The number of carbonyl (C=O) groups is 1. The number of hydrogen-bond donors (Lipinski definition) is 1. The third kappa shape index (κ3) is 2.89. The first-order valence-electron chi connectivity index (χ1n) is 7.87. The van der Waals surface area contributed by atoms with E-state index in [2.05, 4.69) is 15.4 Å². The van der Waals surface area contributed by atoms with Crippen molar-refractivity contribution in [3.05, 3.63) is 59.0 Å². The van der Waals surface area contributed by atoms with Crippen LogP contribution in [0, 0.1) is 11.6 Å². The second-order valence-corrected chi connectivity index (χ2v) is 6.06. The summed E-state index contributed by atoms with van der Waals surface area (Å²) in [6, 6.07) is 4.20. The molecule has 2 aromatic heterocycles. The summed E-state index contributed by atoms with van der Waals surface area (Å²) in [5, 5.41) is 6.23. The molecule has 1 saturated carbocycles. The number of aromatic nitrogens is 3. The minimum atomic E-state index is -2.78. The number of rotatable bonds is 4. The van der Waals surface area contributed by atoms with Crippen LogP contribution in [0.4, 0.5) is 23.2 Å². The van der Waals surface area contributed by atoms with Gasteiger partial charge in [-0.05, 0) is 31.0 Å². The number of carbonyl (C=O) groups excluding carboxylic acids is 1. The lowest BCUT2D eigenvalue weighted by atomic mass is 10.2. The maximum atomic E-state index is 13.3. The van der Waals surface area contributed by atoms with Gasteiger partial charge < -0.3 is 5.32 Å². The van der Waals surface area contributed by atoms with E-state index in [0.29, 0.717) is 5.69 Å². The summed E-state index contributed by atoms with van der Waals surface area (Å²) in [5.74, 6) is -2.76. The summed E-state index contributed by atoms with van der Waals surface area (Å²) in [4.78, 5) is 16.8. The predicted molar refractivity (Wildman–Crippen MR) is 84.2 cm³/mol. The number of hydrogen-bond acceptors (Lipinski definition) is 3. The number of benzene rings is 1. The lowest BCUT2D eigenvalue weighted by Crippen LogP contribution is -2.13. The molecule has 4 rings (SSSR count). The number of fused-ring (bicyclic) bond motifs is 1. The third-order valence-corrected chi connectivity index (χ3v) is 4.16. The van der Waals surface area contributed by atoms with Crippen LogP contribution in [0.15, 0.2) is 30.5 Å². The molecule has 3 aromatic rings. The van der Waals surface area contributed by atoms with Crippen LogP contribution in [-0.2, 0) is 0 Å². The van der Waals surface area contributed by atoms with Crippen molar-refractivity contribution in [2.45, 2.75) is 25.2 Å². The van der Waals surface area contributed by atoms with Crippen LogP contribution in [0.1, 0.15) is 46.9 Å². The molecule has 0 aliphatic heterocycles. The first-order chi connectivity index (χ1) is 12.4. The van der Waals surface area contributed by atoms with E-state index in [9.17, 15) is 22.4 Å². The van der Waals surface area contributed by atoms with E-state index in [1.165, 1.54) is 12.1 Å². The normalized spacial score (nSPS) is 14.2. The molecule has 0 atom stereocenters. The molecule has 0 bridgehead atoms. The van der Waals surface area contributed by atoms with Crippen LogP contribution in [-0.4, -0.2) is 20.5 Å². The Kier molecular flexibility index (Phi) is 3.86. The average Bonchev–Trinajstić information content (AvgIpc) is 3.36. The highest BCUT2D eigenvalue weighted by atomic mass is 19.3. The minimum absolute atomic E-state index is 0.00443. The summed E-state index contributed by atoms with van der Waals surface area (Å²) in [6.07, 6.45) is 0.0624. The monoisotopic (exact) mass is 364 g/mol. The zero-order chi connectivity index (χ0) is 18.4. The van der Waals surface area contributed by atoms with E-state index >= 15 is 0 Å². The van der Waals surface area contributed by atoms with Crippen LogP contribution in [0.25, 0.3) is 5.65 Å². The van der Waals surface area contributed by atoms with Crippen molar-refractivity contribution in [1.29, 1.82) is 0 Å². The molecule has 0 unspecified atom stereocenters. The molecule has 26 heavy (non-hydrogen) atoms. The topological polar surface area (TPSA) is 59.3 Å². The second kappa shape index (κ2) is 6.08. The molecule has 1 aliphatic carbocycles. The largest absolute Gasteiger partial charge is 0.322 e. The Morgan fingerprint density at radius 1 is 1.19 bits per heavy atom. The van der Waals surface area contributed by atoms with Crippen molar-refractivity contribution in [2.75, 3.05) is 5.32 Å². The van der Waals surface area contributed by atoms with Gasteiger partial charge in [-0.2, -0.15) is 5.10 Å². The molecule has 1 aromatic carbocycles. The Hall–Kier alpha value is -2.97. The van der Waals surface area contributed by atoms with Crippen molar-refractivity contribution in [3.8, 4) is 0 Å². The molecule has 1 N–H and O–H groups in total. The van der Waals surface area contributed by atoms with Crippen LogP contribution >= 0.6 is 0 Å².